The number of esters is 1. The van der Waals surface area contributed by atoms with Crippen molar-refractivity contribution in [3.05, 3.63) is 35.4 Å². The van der Waals surface area contributed by atoms with Gasteiger partial charge in [0.05, 0.1) is 20.1 Å². The van der Waals surface area contributed by atoms with Crippen molar-refractivity contribution in [3.63, 3.8) is 0 Å². The molecule has 1 amide bonds. The number of hydrogen-bond donors (Lipinski definition) is 0. The van der Waals surface area contributed by atoms with E-state index in [-0.39, 0.29) is 26.1 Å². The highest BCUT2D eigenvalue weighted by Gasteiger charge is 2.27. The molecule has 0 unspecified atom stereocenters. The van der Waals surface area contributed by atoms with Gasteiger partial charge in [0, 0.05) is 6.54 Å². The second-order valence-electron chi connectivity index (χ2n) is 5.17. The molecule has 0 aromatic heterocycles. The number of ether oxygens (including phenoxy) is 2. The van der Waals surface area contributed by atoms with Crippen LogP contribution in [-0.4, -0.2) is 49.8 Å². The van der Waals surface area contributed by atoms with Crippen molar-refractivity contribution in [1.82, 2.24) is 4.90 Å². The quantitative estimate of drug-likeness (QED) is 0.535. The van der Waals surface area contributed by atoms with E-state index in [0.717, 1.165) is 11.1 Å². The summed E-state index contributed by atoms with van der Waals surface area (Å²) in [6, 6.07) is 7.32. The van der Waals surface area contributed by atoms with Crippen LogP contribution in [-0.2, 0) is 25.6 Å². The lowest BCUT2D eigenvalue weighted by atomic mass is 10.1. The Hall–Kier alpha value is -2.09. The monoisotopic (exact) mass is 347 g/mol. The molecule has 24 heavy (non-hydrogen) atoms. The van der Waals surface area contributed by atoms with Gasteiger partial charge in [-0.25, -0.2) is 0 Å². The minimum atomic E-state index is -4.43. The number of carbonyl (C=O) groups excluding carboxylic acids is 2. The number of benzene rings is 1. The number of rotatable bonds is 8. The Balaban J connectivity index is 2.65. The van der Waals surface area contributed by atoms with E-state index in [4.69, 9.17) is 0 Å². The lowest BCUT2D eigenvalue weighted by molar-refractivity contribution is -0.175. The maximum absolute atomic E-state index is 12.2. The summed E-state index contributed by atoms with van der Waals surface area (Å²) >= 11 is 0. The van der Waals surface area contributed by atoms with Crippen molar-refractivity contribution in [2.75, 3.05) is 26.9 Å². The van der Waals surface area contributed by atoms with Gasteiger partial charge in [-0.15, -0.1) is 0 Å². The molecule has 0 atom stereocenters. The molecule has 0 aliphatic carbocycles. The van der Waals surface area contributed by atoms with Gasteiger partial charge in [0.1, 0.15) is 13.2 Å². The van der Waals surface area contributed by atoms with Gasteiger partial charge < -0.3 is 14.4 Å². The largest absolute Gasteiger partial charge is 0.468 e. The van der Waals surface area contributed by atoms with E-state index in [1.165, 1.54) is 12.0 Å². The van der Waals surface area contributed by atoms with E-state index in [1.54, 1.807) is 6.07 Å². The number of aryl methyl sites for hydroxylation is 1. The van der Waals surface area contributed by atoms with Crippen LogP contribution in [0.3, 0.4) is 0 Å². The summed E-state index contributed by atoms with van der Waals surface area (Å²) in [6.45, 7) is -0.0236. The fourth-order valence-electron chi connectivity index (χ4n) is 1.95. The highest BCUT2D eigenvalue weighted by molar-refractivity contribution is 5.82. The molecule has 0 radical (unpaired) electrons. The number of carbonyl (C=O) groups is 2. The minimum absolute atomic E-state index is 0.167. The maximum atomic E-state index is 12.2. The summed E-state index contributed by atoms with van der Waals surface area (Å²) in [6.07, 6.45) is -4.69. The zero-order valence-electron chi connectivity index (χ0n) is 13.6. The predicted molar refractivity (Wildman–Crippen MR) is 80.1 cm³/mol. The maximum Gasteiger partial charge on any atom is 0.411 e. The Morgan fingerprint density at radius 2 is 1.88 bits per heavy atom. The zero-order chi connectivity index (χ0) is 18.2. The molecule has 0 fully saturated rings. The number of hydrogen-bond acceptors (Lipinski definition) is 4. The van der Waals surface area contributed by atoms with Crippen LogP contribution in [0.15, 0.2) is 24.3 Å². The van der Waals surface area contributed by atoms with E-state index in [0.29, 0.717) is 0 Å². The lowest BCUT2D eigenvalue weighted by Crippen LogP contribution is -2.36. The van der Waals surface area contributed by atoms with Crippen LogP contribution in [0, 0.1) is 6.92 Å². The number of nitrogens with zero attached hydrogens (tertiary/aromatic N) is 1. The Labute approximate surface area is 138 Å². The van der Waals surface area contributed by atoms with Crippen LogP contribution in [0.4, 0.5) is 13.2 Å². The Morgan fingerprint density at radius 3 is 2.46 bits per heavy atom. The third-order valence-electron chi connectivity index (χ3n) is 3.25. The molecule has 5 nitrogen and oxygen atoms in total. The Morgan fingerprint density at radius 1 is 1.21 bits per heavy atom. The summed E-state index contributed by atoms with van der Waals surface area (Å²) in [7, 11) is 1.20. The second-order valence-corrected chi connectivity index (χ2v) is 5.17. The van der Waals surface area contributed by atoms with Crippen LogP contribution in [0.5, 0.6) is 0 Å². The normalized spacial score (nSPS) is 11.2. The standard InChI is InChI=1S/C16H20F3NO4/c1-12-5-3-4-6-13(12)9-20(10-15(22)23-2)14(21)7-8-24-11-16(17,18)19/h3-6H,7-11H2,1-2H3. The van der Waals surface area contributed by atoms with Crippen molar-refractivity contribution in [1.29, 1.82) is 0 Å². The Bertz CT molecular complexity index is 560. The van der Waals surface area contributed by atoms with Crippen molar-refractivity contribution in [2.45, 2.75) is 26.1 Å². The average molecular weight is 347 g/mol. The molecule has 0 saturated heterocycles. The number of halogens is 3. The first-order valence-electron chi connectivity index (χ1n) is 7.26. The molecule has 1 rings (SSSR count). The first kappa shape index (κ1) is 20.0. The van der Waals surface area contributed by atoms with Crippen LogP contribution in [0.2, 0.25) is 0 Å². The van der Waals surface area contributed by atoms with Crippen molar-refractivity contribution >= 4 is 11.9 Å². The van der Waals surface area contributed by atoms with Crippen LogP contribution in [0.25, 0.3) is 0 Å². The first-order chi connectivity index (χ1) is 11.2. The Kier molecular flexibility index (Phi) is 7.70. The summed E-state index contributed by atoms with van der Waals surface area (Å²) in [4.78, 5) is 24.9. The topological polar surface area (TPSA) is 55.8 Å². The molecule has 1 aromatic rings. The van der Waals surface area contributed by atoms with E-state index >= 15 is 0 Å². The third kappa shape index (κ3) is 7.45. The van der Waals surface area contributed by atoms with Crippen molar-refractivity contribution in [2.24, 2.45) is 0 Å². The van der Waals surface area contributed by atoms with Crippen molar-refractivity contribution in [3.8, 4) is 0 Å². The summed E-state index contributed by atoms with van der Waals surface area (Å²) < 4.78 is 45.0. The summed E-state index contributed by atoms with van der Waals surface area (Å²) in [5.74, 6) is -1.08. The molecular formula is C16H20F3NO4. The average Bonchev–Trinajstić information content (AvgIpc) is 2.51. The molecule has 8 heteroatoms. The zero-order valence-corrected chi connectivity index (χ0v) is 13.6. The van der Waals surface area contributed by atoms with Crippen LogP contribution >= 0.6 is 0 Å². The number of amides is 1. The SMILES string of the molecule is COC(=O)CN(Cc1ccccc1C)C(=O)CCOCC(F)(F)F. The molecule has 0 aliphatic rings. The second kappa shape index (κ2) is 9.27. The fourth-order valence-corrected chi connectivity index (χ4v) is 1.95. The molecule has 0 aliphatic heterocycles. The van der Waals surface area contributed by atoms with Crippen LogP contribution < -0.4 is 0 Å². The molecule has 0 bridgehead atoms. The molecule has 0 N–H and O–H groups in total. The molecule has 0 saturated carbocycles. The molecule has 0 spiro atoms. The van der Waals surface area contributed by atoms with Gasteiger partial charge in [0.2, 0.25) is 5.91 Å². The van der Waals surface area contributed by atoms with Gasteiger partial charge in [0.15, 0.2) is 0 Å². The molecular weight excluding hydrogens is 327 g/mol. The summed E-state index contributed by atoms with van der Waals surface area (Å²) in [5, 5.41) is 0. The summed E-state index contributed by atoms with van der Waals surface area (Å²) in [5.41, 5.74) is 1.78. The van der Waals surface area contributed by atoms with Gasteiger partial charge in [0.25, 0.3) is 0 Å². The lowest BCUT2D eigenvalue weighted by Gasteiger charge is -2.22. The highest BCUT2D eigenvalue weighted by Crippen LogP contribution is 2.15. The van der Waals surface area contributed by atoms with Gasteiger partial charge in [-0.3, -0.25) is 9.59 Å². The van der Waals surface area contributed by atoms with E-state index in [9.17, 15) is 22.8 Å². The minimum Gasteiger partial charge on any atom is -0.468 e. The van der Waals surface area contributed by atoms with Crippen molar-refractivity contribution < 1.29 is 32.2 Å². The first-order valence-corrected chi connectivity index (χ1v) is 7.26. The smallest absolute Gasteiger partial charge is 0.411 e. The fraction of sp³-hybridized carbons (Fsp3) is 0.500. The highest BCUT2D eigenvalue weighted by atomic mass is 19.4. The van der Waals surface area contributed by atoms with Gasteiger partial charge in [-0.2, -0.15) is 13.2 Å². The van der Waals surface area contributed by atoms with E-state index in [1.807, 2.05) is 25.1 Å². The van der Waals surface area contributed by atoms with Crippen LogP contribution in [0.1, 0.15) is 17.5 Å². The molecule has 134 valence electrons. The van der Waals surface area contributed by atoms with E-state index in [2.05, 4.69) is 9.47 Å². The third-order valence-corrected chi connectivity index (χ3v) is 3.25. The van der Waals surface area contributed by atoms with Gasteiger partial charge in [-0.05, 0) is 18.1 Å². The predicted octanol–water partition coefficient (Wildman–Crippen LogP) is 2.47. The van der Waals surface area contributed by atoms with E-state index < -0.39 is 24.7 Å². The van der Waals surface area contributed by atoms with Gasteiger partial charge >= 0.3 is 12.1 Å². The molecule has 0 heterocycles. The van der Waals surface area contributed by atoms with Gasteiger partial charge in [-0.1, -0.05) is 24.3 Å². The number of alkyl halides is 3. The molecule has 1 aromatic carbocycles. The number of methoxy groups -OCH3 is 1.